The topological polar surface area (TPSA) is 52.9 Å². The highest BCUT2D eigenvalue weighted by molar-refractivity contribution is 5.48. The van der Waals surface area contributed by atoms with Gasteiger partial charge in [0.15, 0.2) is 6.19 Å². The van der Waals surface area contributed by atoms with E-state index in [4.69, 9.17) is 10.1 Å². The third kappa shape index (κ3) is 2.96. The van der Waals surface area contributed by atoms with E-state index in [1.165, 1.54) is 6.19 Å². The molecule has 0 rings (SSSR count). The van der Waals surface area contributed by atoms with Gasteiger partial charge in [0.25, 0.3) is 0 Å². The van der Waals surface area contributed by atoms with Crippen molar-refractivity contribution < 1.29 is 4.79 Å². The minimum Gasteiger partial charge on any atom is -0.278 e. The molecule has 0 unspecified atom stereocenters. The molecule has 0 aliphatic rings. The number of nitrogens with zero attached hydrogens (tertiary/aromatic N) is 1. The molecule has 0 aliphatic heterocycles. The lowest BCUT2D eigenvalue weighted by atomic mass is 11.2. The molecule has 1 N–H and O–H groups in total. The zero-order chi connectivity index (χ0) is 4.12. The molecule has 0 heterocycles. The number of nitrogens with one attached hydrogen (secondary N) is 1. The Morgan fingerprint density at radius 1 is 2.00 bits per heavy atom. The van der Waals surface area contributed by atoms with Crippen LogP contribution in [0.1, 0.15) is 0 Å². The summed E-state index contributed by atoms with van der Waals surface area (Å²) in [5, 5.41) is 9.21. The fourth-order valence-electron chi connectivity index (χ4n) is 0.0264. The Morgan fingerprint density at radius 2 is 2.60 bits per heavy atom. The molecular weight excluding hydrogens is 68.0 g/mol. The monoisotopic (exact) mass is 70.0 g/mol. The van der Waals surface area contributed by atoms with Crippen molar-refractivity contribution in [1.82, 2.24) is 5.32 Å². The molecule has 0 aromatic rings. The molecule has 0 radical (unpaired) electrons. The number of nitriles is 1. The van der Waals surface area contributed by atoms with Crippen LogP contribution in [0.4, 0.5) is 0 Å². The van der Waals surface area contributed by atoms with E-state index in [1.807, 2.05) is 0 Å². The third-order valence-corrected chi connectivity index (χ3v) is 0.123. The third-order valence-electron chi connectivity index (χ3n) is 0.123. The Labute approximate surface area is 29.2 Å². The van der Waals surface area contributed by atoms with E-state index in [0.717, 1.165) is 0 Å². The summed E-state index contributed by atoms with van der Waals surface area (Å²) in [6.07, 6.45) is 1.72. The summed E-state index contributed by atoms with van der Waals surface area (Å²) in [6.45, 7) is 0. The Bertz CT molecular complexity index is 62.5. The first kappa shape index (κ1) is 3.96. The van der Waals surface area contributed by atoms with Crippen LogP contribution in [0.25, 0.3) is 0 Å². The largest absolute Gasteiger partial charge is 0.278 e. The van der Waals surface area contributed by atoms with Gasteiger partial charge in [-0.2, -0.15) is 5.26 Å². The highest BCUT2D eigenvalue weighted by Crippen LogP contribution is 1.23. The van der Waals surface area contributed by atoms with E-state index in [2.05, 4.69) is 0 Å². The average Bonchev–Trinajstić information content (AvgIpc) is 1.41. The molecule has 1 amide bonds. The number of rotatable bonds is 1. The minimum atomic E-state index is 0.319. The molecule has 0 aromatic heterocycles. The summed E-state index contributed by atoms with van der Waals surface area (Å²) in [7, 11) is 0. The van der Waals surface area contributed by atoms with Gasteiger partial charge in [-0.15, -0.1) is 0 Å². The zero-order valence-electron chi connectivity index (χ0n) is 2.43. The molecule has 0 spiro atoms. The lowest BCUT2D eigenvalue weighted by Crippen LogP contribution is -1.97. The average molecular weight is 70.1 g/mol. The molecule has 0 saturated heterocycles. The van der Waals surface area contributed by atoms with Crippen molar-refractivity contribution in [1.29, 1.82) is 5.26 Å². The SMILES string of the molecule is N#CNC=O. The Hall–Kier alpha value is -1.04. The van der Waals surface area contributed by atoms with Crippen LogP contribution in [0.5, 0.6) is 0 Å². The molecule has 0 bridgehead atoms. The van der Waals surface area contributed by atoms with Crippen molar-refractivity contribution in [3.8, 4) is 6.19 Å². The minimum absolute atomic E-state index is 0.319. The van der Waals surface area contributed by atoms with Crippen LogP contribution >= 0.6 is 0 Å². The second-order valence-electron chi connectivity index (χ2n) is 0.374. The summed E-state index contributed by atoms with van der Waals surface area (Å²) in [5.74, 6) is 0. The normalized spacial score (nSPS) is 4.60. The second kappa shape index (κ2) is 2.96. The fourth-order valence-corrected chi connectivity index (χ4v) is 0.0264. The lowest BCUT2D eigenvalue weighted by Gasteiger charge is -1.60. The van der Waals surface area contributed by atoms with Crippen molar-refractivity contribution in [3.63, 3.8) is 0 Å². The highest BCUT2D eigenvalue weighted by Gasteiger charge is 1.55. The Morgan fingerprint density at radius 3 is 2.60 bits per heavy atom. The number of carbonyl (C=O) groups excluding carboxylic acids is 1. The van der Waals surface area contributed by atoms with Crippen LogP contribution in [-0.2, 0) is 4.79 Å². The molecule has 3 nitrogen and oxygen atoms in total. The Balaban J connectivity index is 2.75. The van der Waals surface area contributed by atoms with Crippen LogP contribution in [0.3, 0.4) is 0 Å². The van der Waals surface area contributed by atoms with Crippen molar-refractivity contribution in [2.24, 2.45) is 0 Å². The first-order valence-corrected chi connectivity index (χ1v) is 0.998. The van der Waals surface area contributed by atoms with E-state index in [0.29, 0.717) is 6.41 Å². The van der Waals surface area contributed by atoms with E-state index >= 15 is 0 Å². The molecule has 0 saturated carbocycles. The van der Waals surface area contributed by atoms with Gasteiger partial charge in [0, 0.05) is 0 Å². The van der Waals surface area contributed by atoms with Gasteiger partial charge in [-0.1, -0.05) is 0 Å². The molecule has 0 atom stereocenters. The van der Waals surface area contributed by atoms with Gasteiger partial charge in [0.1, 0.15) is 0 Å². The molecule has 26 valence electrons. The standard InChI is InChI=1S/C2H2N2O/c3-1-4-2-5/h2H,(H,4,5). The number of carbonyl (C=O) groups is 1. The smallest absolute Gasteiger partial charge is 0.220 e. The molecular formula is C2H2N2O. The van der Waals surface area contributed by atoms with Crippen molar-refractivity contribution in [3.05, 3.63) is 0 Å². The molecule has 0 aliphatic carbocycles. The van der Waals surface area contributed by atoms with Crippen molar-refractivity contribution in [2.75, 3.05) is 0 Å². The molecule has 3 heteroatoms. The van der Waals surface area contributed by atoms with Gasteiger partial charge >= 0.3 is 0 Å². The molecule has 0 aromatic carbocycles. The predicted octanol–water partition coefficient (Wildman–Crippen LogP) is -0.787. The van der Waals surface area contributed by atoms with E-state index in [9.17, 15) is 0 Å². The number of hydrogen-bond acceptors (Lipinski definition) is 2. The number of hydrogen-bond donors (Lipinski definition) is 1. The first-order valence-electron chi connectivity index (χ1n) is 0.998. The number of amides is 1. The van der Waals surface area contributed by atoms with Crippen molar-refractivity contribution >= 4 is 6.41 Å². The van der Waals surface area contributed by atoms with Gasteiger partial charge in [0.2, 0.25) is 6.41 Å². The Kier molecular flexibility index (Phi) is 2.34. The summed E-state index contributed by atoms with van der Waals surface area (Å²) in [4.78, 5) is 9.07. The second-order valence-corrected chi connectivity index (χ2v) is 0.374. The van der Waals surface area contributed by atoms with Gasteiger partial charge in [0.05, 0.1) is 0 Å². The van der Waals surface area contributed by atoms with Crippen LogP contribution in [0, 0.1) is 11.5 Å². The van der Waals surface area contributed by atoms with Gasteiger partial charge in [-0.05, 0) is 0 Å². The quantitative estimate of drug-likeness (QED) is 0.250. The van der Waals surface area contributed by atoms with Crippen molar-refractivity contribution in [2.45, 2.75) is 0 Å². The predicted molar refractivity (Wildman–Crippen MR) is 14.8 cm³/mol. The maximum atomic E-state index is 9.07. The molecule has 5 heavy (non-hydrogen) atoms. The first-order chi connectivity index (χ1) is 2.41. The zero-order valence-corrected chi connectivity index (χ0v) is 2.43. The van der Waals surface area contributed by atoms with Crippen LogP contribution < -0.4 is 5.32 Å². The highest BCUT2D eigenvalue weighted by atomic mass is 16.1. The van der Waals surface area contributed by atoms with Gasteiger partial charge in [-0.25, -0.2) is 0 Å². The van der Waals surface area contributed by atoms with E-state index in [-0.39, 0.29) is 0 Å². The van der Waals surface area contributed by atoms with Crippen LogP contribution in [0.15, 0.2) is 0 Å². The summed E-state index contributed by atoms with van der Waals surface area (Å²) in [6, 6.07) is 0. The van der Waals surface area contributed by atoms with Crippen LogP contribution in [0.2, 0.25) is 0 Å². The summed E-state index contributed by atoms with van der Waals surface area (Å²) < 4.78 is 0. The molecule has 0 fully saturated rings. The summed E-state index contributed by atoms with van der Waals surface area (Å²) in [5.41, 5.74) is 0. The van der Waals surface area contributed by atoms with E-state index < -0.39 is 0 Å². The lowest BCUT2D eigenvalue weighted by molar-refractivity contribution is -0.108. The fraction of sp³-hybridized carbons (Fsp3) is 0. The van der Waals surface area contributed by atoms with E-state index in [1.54, 1.807) is 5.32 Å². The maximum Gasteiger partial charge on any atom is 0.220 e. The van der Waals surface area contributed by atoms with Gasteiger partial charge in [-0.3, -0.25) is 10.1 Å². The summed E-state index contributed by atoms with van der Waals surface area (Å²) >= 11 is 0. The van der Waals surface area contributed by atoms with Crippen LogP contribution in [-0.4, -0.2) is 6.41 Å². The maximum absolute atomic E-state index is 9.07. The van der Waals surface area contributed by atoms with Gasteiger partial charge < -0.3 is 0 Å².